The van der Waals surface area contributed by atoms with Gasteiger partial charge in [0.25, 0.3) is 0 Å². The quantitative estimate of drug-likeness (QED) is 0.195. The highest BCUT2D eigenvalue weighted by Gasteiger charge is 2.45. The third-order valence-electron chi connectivity index (χ3n) is 8.26. The Labute approximate surface area is 221 Å². The van der Waals surface area contributed by atoms with Crippen LogP contribution in [0.3, 0.4) is 0 Å². The van der Waals surface area contributed by atoms with Gasteiger partial charge in [-0.15, -0.1) is 0 Å². The van der Waals surface area contributed by atoms with Gasteiger partial charge in [-0.2, -0.15) is 0 Å². The number of fused-ring (bicyclic) bond motifs is 2. The van der Waals surface area contributed by atoms with Gasteiger partial charge in [0.1, 0.15) is 11.9 Å². The van der Waals surface area contributed by atoms with Gasteiger partial charge in [0, 0.05) is 0 Å². The number of benzene rings is 1. The van der Waals surface area contributed by atoms with E-state index in [1.54, 1.807) is 0 Å². The largest absolute Gasteiger partial charge is 0.482 e. The lowest BCUT2D eigenvalue weighted by molar-refractivity contribution is -0.150. The molecule has 1 fully saturated rings. The maximum absolute atomic E-state index is 12.1. The number of aliphatic hydroxyl groups excluding tert-OH is 2. The fourth-order valence-corrected chi connectivity index (χ4v) is 6.38. The van der Waals surface area contributed by atoms with Gasteiger partial charge in [0.2, 0.25) is 0 Å². The zero-order chi connectivity index (χ0) is 26.6. The van der Waals surface area contributed by atoms with Crippen LogP contribution in [0.5, 0.6) is 5.75 Å². The predicted molar refractivity (Wildman–Crippen MR) is 142 cm³/mol. The molecule has 0 amide bonds. The molecule has 0 saturated heterocycles. The van der Waals surface area contributed by atoms with Gasteiger partial charge in [0.15, 0.2) is 6.61 Å². The Hall–Kier alpha value is -2.12. The average Bonchev–Trinajstić information content (AvgIpc) is 3.17. The predicted octanol–water partition coefficient (Wildman–Crippen LogP) is 5.08. The average molecular weight is 519 g/mol. The molecule has 0 unspecified atom stereocenters. The first-order chi connectivity index (χ1) is 17.9. The zero-order valence-corrected chi connectivity index (χ0v) is 22.4. The fraction of sp³-hybridized carbons (Fsp3) is 0.733. The lowest BCUT2D eigenvalue weighted by Crippen LogP contribution is -2.29. The Kier molecular flexibility index (Phi) is 12.2. The Morgan fingerprint density at radius 2 is 1.81 bits per heavy atom. The van der Waals surface area contributed by atoms with Crippen molar-refractivity contribution in [3.63, 3.8) is 0 Å². The number of aliphatic hydroxyl groups is 2. The molecule has 208 valence electrons. The van der Waals surface area contributed by atoms with Crippen LogP contribution in [0, 0.1) is 17.8 Å². The summed E-state index contributed by atoms with van der Waals surface area (Å²) < 4.78 is 11.3. The van der Waals surface area contributed by atoms with Crippen molar-refractivity contribution in [2.24, 2.45) is 17.8 Å². The molecule has 7 heteroatoms. The van der Waals surface area contributed by atoms with Crippen LogP contribution in [0.2, 0.25) is 0 Å². The first kappa shape index (κ1) is 29.4. The molecule has 5 atom stereocenters. The first-order valence-corrected chi connectivity index (χ1v) is 14.4. The summed E-state index contributed by atoms with van der Waals surface area (Å²) in [6.07, 6.45) is 12.6. The highest BCUT2D eigenvalue weighted by molar-refractivity contribution is 5.69. The van der Waals surface area contributed by atoms with E-state index in [0.717, 1.165) is 56.9 Å². The normalized spacial score (nSPS) is 23.2. The molecule has 1 saturated carbocycles. The van der Waals surface area contributed by atoms with E-state index in [4.69, 9.17) is 19.7 Å². The Balaban J connectivity index is 1.57. The Morgan fingerprint density at radius 1 is 1.05 bits per heavy atom. The van der Waals surface area contributed by atoms with Gasteiger partial charge >= 0.3 is 11.9 Å². The second kappa shape index (κ2) is 15.3. The maximum Gasteiger partial charge on any atom is 0.341 e. The second-order valence-electron chi connectivity index (χ2n) is 10.9. The maximum atomic E-state index is 12.1. The van der Waals surface area contributed by atoms with Gasteiger partial charge in [-0.3, -0.25) is 4.79 Å². The number of ether oxygens (including phenoxy) is 2. The van der Waals surface area contributed by atoms with E-state index in [9.17, 15) is 14.7 Å². The lowest BCUT2D eigenvalue weighted by atomic mass is 9.73. The molecule has 7 nitrogen and oxygen atoms in total. The zero-order valence-electron chi connectivity index (χ0n) is 22.4. The van der Waals surface area contributed by atoms with Crippen molar-refractivity contribution in [2.75, 3.05) is 13.2 Å². The highest BCUT2D eigenvalue weighted by atomic mass is 16.5. The molecular formula is C30H46O7. The number of hydrogen-bond donors (Lipinski definition) is 3. The summed E-state index contributed by atoms with van der Waals surface area (Å²) in [7, 11) is 0. The van der Waals surface area contributed by atoms with E-state index >= 15 is 0 Å². The number of aliphatic carboxylic acids is 1. The second-order valence-corrected chi connectivity index (χ2v) is 10.9. The SMILES string of the molecule is CCCCCCCCC[C@@H](CC[C@@H]1[C@H]2Cc3cccc(OCC(=O)O)c3C[C@H]2C[C@H]1O)OC(=O)CCO. The highest BCUT2D eigenvalue weighted by Crippen LogP contribution is 2.48. The minimum atomic E-state index is -0.992. The molecule has 0 aromatic heterocycles. The molecule has 0 radical (unpaired) electrons. The monoisotopic (exact) mass is 518 g/mol. The number of carbonyl (C=O) groups is 2. The van der Waals surface area contributed by atoms with Crippen molar-refractivity contribution >= 4 is 11.9 Å². The summed E-state index contributed by atoms with van der Waals surface area (Å²) in [4.78, 5) is 23.1. The van der Waals surface area contributed by atoms with Crippen LogP contribution < -0.4 is 4.74 Å². The summed E-state index contributed by atoms with van der Waals surface area (Å²) in [5.74, 6) is 0.135. The van der Waals surface area contributed by atoms with Gasteiger partial charge in [-0.1, -0.05) is 57.6 Å². The van der Waals surface area contributed by atoms with Crippen LogP contribution in [-0.4, -0.2) is 52.7 Å². The van der Waals surface area contributed by atoms with Crippen LogP contribution in [0.4, 0.5) is 0 Å². The van der Waals surface area contributed by atoms with Crippen molar-refractivity contribution in [1.29, 1.82) is 0 Å². The molecule has 2 aliphatic carbocycles. The smallest absolute Gasteiger partial charge is 0.341 e. The van der Waals surface area contributed by atoms with Crippen molar-refractivity contribution in [1.82, 2.24) is 0 Å². The summed E-state index contributed by atoms with van der Waals surface area (Å²) >= 11 is 0. The molecule has 0 spiro atoms. The Bertz CT molecular complexity index is 854. The van der Waals surface area contributed by atoms with Crippen molar-refractivity contribution < 1.29 is 34.4 Å². The van der Waals surface area contributed by atoms with E-state index < -0.39 is 5.97 Å². The standard InChI is InChI=1S/C30H46O7/c1-2-3-4-5-6-7-8-11-23(37-30(35)15-16-31)13-14-24-25-17-21-10-9-12-28(36-20-29(33)34)26(21)18-22(25)19-27(24)32/h9-10,12,22-25,27,31-32H,2-8,11,13-20H2,1H3,(H,33,34)/t22-,23-,24+,25-,27+/m0/s1. The molecular weight excluding hydrogens is 472 g/mol. The minimum absolute atomic E-state index is 0.0212. The molecule has 0 aliphatic heterocycles. The van der Waals surface area contributed by atoms with E-state index in [1.807, 2.05) is 12.1 Å². The fourth-order valence-electron chi connectivity index (χ4n) is 6.38. The molecule has 37 heavy (non-hydrogen) atoms. The molecule has 0 bridgehead atoms. The summed E-state index contributed by atoms with van der Waals surface area (Å²) in [5.41, 5.74) is 2.25. The molecule has 0 heterocycles. The van der Waals surface area contributed by atoms with Crippen LogP contribution in [-0.2, 0) is 27.2 Å². The molecule has 3 N–H and O–H groups in total. The van der Waals surface area contributed by atoms with Gasteiger partial charge < -0.3 is 24.8 Å². The first-order valence-electron chi connectivity index (χ1n) is 14.4. The topological polar surface area (TPSA) is 113 Å². The summed E-state index contributed by atoms with van der Waals surface area (Å²) in [5, 5.41) is 29.1. The number of carbonyl (C=O) groups excluding carboxylic acids is 1. The van der Waals surface area contributed by atoms with Crippen molar-refractivity contribution in [2.45, 2.75) is 109 Å². The van der Waals surface area contributed by atoms with E-state index in [0.29, 0.717) is 17.6 Å². The third kappa shape index (κ3) is 8.99. The van der Waals surface area contributed by atoms with Crippen molar-refractivity contribution in [3.8, 4) is 5.75 Å². The van der Waals surface area contributed by atoms with E-state index in [-0.39, 0.29) is 43.7 Å². The van der Waals surface area contributed by atoms with Crippen LogP contribution in [0.1, 0.15) is 95.1 Å². The number of esters is 1. The number of carboxylic acid groups (broad SMARTS) is 1. The van der Waals surface area contributed by atoms with Gasteiger partial charge in [0.05, 0.1) is 19.1 Å². The number of hydrogen-bond acceptors (Lipinski definition) is 6. The summed E-state index contributed by atoms with van der Waals surface area (Å²) in [6, 6.07) is 5.83. The number of carboxylic acids is 1. The minimum Gasteiger partial charge on any atom is -0.482 e. The van der Waals surface area contributed by atoms with Crippen LogP contribution in [0.15, 0.2) is 18.2 Å². The summed E-state index contributed by atoms with van der Waals surface area (Å²) in [6.45, 7) is 1.66. The van der Waals surface area contributed by atoms with E-state index in [2.05, 4.69) is 13.0 Å². The molecule has 1 aromatic carbocycles. The van der Waals surface area contributed by atoms with Crippen LogP contribution >= 0.6 is 0 Å². The van der Waals surface area contributed by atoms with E-state index in [1.165, 1.54) is 37.7 Å². The molecule has 3 rings (SSSR count). The number of rotatable bonds is 17. The van der Waals surface area contributed by atoms with Gasteiger partial charge in [-0.25, -0.2) is 4.79 Å². The third-order valence-corrected chi connectivity index (χ3v) is 8.26. The Morgan fingerprint density at radius 3 is 2.54 bits per heavy atom. The van der Waals surface area contributed by atoms with Crippen molar-refractivity contribution in [3.05, 3.63) is 29.3 Å². The number of unbranched alkanes of at least 4 members (excludes halogenated alkanes) is 6. The molecule has 2 aliphatic rings. The molecule has 1 aromatic rings. The van der Waals surface area contributed by atoms with Gasteiger partial charge in [-0.05, 0) is 79.9 Å². The lowest BCUT2D eigenvalue weighted by Gasteiger charge is -2.32. The van der Waals surface area contributed by atoms with Crippen LogP contribution in [0.25, 0.3) is 0 Å².